The standard InChI is InChI=1S/C26H27F3N2O6S/c1-35-20-7-4-6-19(14-20)17-37-24-18-36-21(15-23(24)32)16-30-10-5-11-31(13-12-30)38(33,34)25-9-3-2-8-22(25)26(27,28)29/h2-4,6-9,14-15,18H,5,10-13,16-17H2,1H3. The minimum absolute atomic E-state index is 0.000486. The topological polar surface area (TPSA) is 89.3 Å². The maximum Gasteiger partial charge on any atom is 0.417 e. The molecular formula is C26H27F3N2O6S. The van der Waals surface area contributed by atoms with Gasteiger partial charge in [0.05, 0.1) is 24.1 Å². The van der Waals surface area contributed by atoms with Crippen LogP contribution in [0, 0.1) is 0 Å². The predicted molar refractivity (Wildman–Crippen MR) is 132 cm³/mol. The first-order valence-electron chi connectivity index (χ1n) is 11.8. The van der Waals surface area contributed by atoms with E-state index < -0.39 is 26.7 Å². The van der Waals surface area contributed by atoms with E-state index in [4.69, 9.17) is 13.9 Å². The van der Waals surface area contributed by atoms with Crippen molar-refractivity contribution >= 4 is 10.0 Å². The Morgan fingerprint density at radius 3 is 2.53 bits per heavy atom. The Morgan fingerprint density at radius 2 is 1.79 bits per heavy atom. The van der Waals surface area contributed by atoms with Crippen LogP contribution in [0.3, 0.4) is 0 Å². The normalized spacial score (nSPS) is 15.7. The lowest BCUT2D eigenvalue weighted by molar-refractivity contribution is -0.139. The summed E-state index contributed by atoms with van der Waals surface area (Å²) in [5.74, 6) is 1.08. The Labute approximate surface area is 218 Å². The molecule has 38 heavy (non-hydrogen) atoms. The molecule has 12 heteroatoms. The van der Waals surface area contributed by atoms with Gasteiger partial charge in [0.15, 0.2) is 0 Å². The highest BCUT2D eigenvalue weighted by Crippen LogP contribution is 2.35. The van der Waals surface area contributed by atoms with E-state index in [1.807, 2.05) is 17.0 Å². The van der Waals surface area contributed by atoms with Crippen molar-refractivity contribution in [3.8, 4) is 11.5 Å². The van der Waals surface area contributed by atoms with Crippen LogP contribution < -0.4 is 14.9 Å². The number of alkyl halides is 3. The molecule has 2 aromatic carbocycles. The van der Waals surface area contributed by atoms with Gasteiger partial charge in [-0.15, -0.1) is 0 Å². The second kappa shape index (κ2) is 11.6. The Bertz CT molecular complexity index is 1420. The molecule has 0 radical (unpaired) electrons. The van der Waals surface area contributed by atoms with Crippen molar-refractivity contribution in [2.45, 2.75) is 30.6 Å². The van der Waals surface area contributed by atoms with Gasteiger partial charge in [-0.05, 0) is 42.8 Å². The monoisotopic (exact) mass is 552 g/mol. The fourth-order valence-electron chi connectivity index (χ4n) is 4.18. The average molecular weight is 553 g/mol. The van der Waals surface area contributed by atoms with Crippen molar-refractivity contribution in [1.82, 2.24) is 9.21 Å². The van der Waals surface area contributed by atoms with E-state index in [1.54, 1.807) is 19.2 Å². The maximum absolute atomic E-state index is 13.4. The van der Waals surface area contributed by atoms with E-state index in [0.717, 1.165) is 28.1 Å². The summed E-state index contributed by atoms with van der Waals surface area (Å²) in [7, 11) is -2.80. The maximum atomic E-state index is 13.4. The summed E-state index contributed by atoms with van der Waals surface area (Å²) in [5, 5.41) is 0. The highest BCUT2D eigenvalue weighted by molar-refractivity contribution is 7.89. The van der Waals surface area contributed by atoms with Gasteiger partial charge >= 0.3 is 6.18 Å². The van der Waals surface area contributed by atoms with Crippen molar-refractivity contribution in [1.29, 1.82) is 0 Å². The van der Waals surface area contributed by atoms with Crippen LogP contribution in [0.1, 0.15) is 23.3 Å². The Balaban J connectivity index is 1.39. The molecule has 204 valence electrons. The molecular weight excluding hydrogens is 525 g/mol. The summed E-state index contributed by atoms with van der Waals surface area (Å²) in [4.78, 5) is 13.7. The first-order chi connectivity index (χ1) is 18.1. The minimum atomic E-state index is -4.79. The first-order valence-corrected chi connectivity index (χ1v) is 13.3. The summed E-state index contributed by atoms with van der Waals surface area (Å²) in [6.07, 6.45) is -3.15. The number of hydrogen-bond donors (Lipinski definition) is 0. The fourth-order valence-corrected chi connectivity index (χ4v) is 5.86. The Hall–Kier alpha value is -3.35. The minimum Gasteiger partial charge on any atom is -0.497 e. The van der Waals surface area contributed by atoms with Crippen LogP contribution in [-0.4, -0.2) is 50.9 Å². The number of hydrogen-bond acceptors (Lipinski definition) is 7. The highest BCUT2D eigenvalue weighted by atomic mass is 32.2. The molecule has 1 aromatic heterocycles. The number of ether oxygens (including phenoxy) is 2. The molecule has 1 saturated heterocycles. The summed E-state index contributed by atoms with van der Waals surface area (Å²) < 4.78 is 83.8. The van der Waals surface area contributed by atoms with Gasteiger partial charge in [-0.2, -0.15) is 17.5 Å². The quantitative estimate of drug-likeness (QED) is 0.415. The van der Waals surface area contributed by atoms with Gasteiger partial charge < -0.3 is 13.9 Å². The van der Waals surface area contributed by atoms with Crippen LogP contribution in [0.4, 0.5) is 13.2 Å². The third kappa shape index (κ3) is 6.55. The number of sulfonamides is 1. The van der Waals surface area contributed by atoms with Crippen molar-refractivity contribution in [3.05, 3.63) is 88.0 Å². The average Bonchev–Trinajstić information content (AvgIpc) is 3.14. The van der Waals surface area contributed by atoms with Gasteiger partial charge in [0.2, 0.25) is 21.2 Å². The van der Waals surface area contributed by atoms with Gasteiger partial charge in [-0.25, -0.2) is 8.42 Å². The number of methoxy groups -OCH3 is 1. The molecule has 4 rings (SSSR count). The van der Waals surface area contributed by atoms with Crippen LogP contribution in [0.25, 0.3) is 0 Å². The summed E-state index contributed by atoms with van der Waals surface area (Å²) in [5.41, 5.74) is -0.733. The lowest BCUT2D eigenvalue weighted by Gasteiger charge is -2.23. The SMILES string of the molecule is COc1cccc(COc2coc(CN3CCCN(S(=O)(=O)c4ccccc4C(F)(F)F)CC3)cc2=O)c1. The molecule has 0 N–H and O–H groups in total. The van der Waals surface area contributed by atoms with E-state index in [9.17, 15) is 26.4 Å². The molecule has 1 fully saturated rings. The smallest absolute Gasteiger partial charge is 0.417 e. The van der Waals surface area contributed by atoms with E-state index in [0.29, 0.717) is 24.5 Å². The molecule has 0 spiro atoms. The zero-order valence-electron chi connectivity index (χ0n) is 20.6. The molecule has 8 nitrogen and oxygen atoms in total. The van der Waals surface area contributed by atoms with Crippen molar-refractivity contribution in [2.24, 2.45) is 0 Å². The lowest BCUT2D eigenvalue weighted by atomic mass is 10.2. The number of benzene rings is 2. The van der Waals surface area contributed by atoms with Crippen LogP contribution in [0.15, 0.2) is 75.0 Å². The van der Waals surface area contributed by atoms with Crippen LogP contribution >= 0.6 is 0 Å². The van der Waals surface area contributed by atoms with Crippen molar-refractivity contribution in [2.75, 3.05) is 33.3 Å². The zero-order valence-corrected chi connectivity index (χ0v) is 21.4. The lowest BCUT2D eigenvalue weighted by Crippen LogP contribution is -2.36. The van der Waals surface area contributed by atoms with E-state index in [-0.39, 0.29) is 44.0 Å². The molecule has 3 aromatic rings. The molecule has 0 bridgehead atoms. The second-order valence-corrected chi connectivity index (χ2v) is 10.6. The largest absolute Gasteiger partial charge is 0.497 e. The van der Waals surface area contributed by atoms with Gasteiger partial charge in [-0.3, -0.25) is 9.69 Å². The van der Waals surface area contributed by atoms with E-state index in [1.165, 1.54) is 18.4 Å². The number of rotatable bonds is 8. The molecule has 1 aliphatic heterocycles. The van der Waals surface area contributed by atoms with Gasteiger partial charge in [0.1, 0.15) is 24.4 Å². The fraction of sp³-hybridized carbons (Fsp3) is 0.346. The highest BCUT2D eigenvalue weighted by Gasteiger charge is 2.39. The van der Waals surface area contributed by atoms with Crippen LogP contribution in [0.2, 0.25) is 0 Å². The summed E-state index contributed by atoms with van der Waals surface area (Å²) >= 11 is 0. The van der Waals surface area contributed by atoms with Gasteiger partial charge in [-0.1, -0.05) is 24.3 Å². The molecule has 0 saturated carbocycles. The summed E-state index contributed by atoms with van der Waals surface area (Å²) in [6, 6.07) is 12.7. The predicted octanol–water partition coefficient (Wildman–Crippen LogP) is 4.14. The molecule has 0 atom stereocenters. The van der Waals surface area contributed by atoms with Gasteiger partial charge in [0, 0.05) is 25.7 Å². The van der Waals surface area contributed by atoms with E-state index in [2.05, 4.69) is 0 Å². The van der Waals surface area contributed by atoms with Gasteiger partial charge in [0.25, 0.3) is 0 Å². The molecule has 0 amide bonds. The molecule has 2 heterocycles. The second-order valence-electron chi connectivity index (χ2n) is 8.74. The molecule has 0 unspecified atom stereocenters. The Morgan fingerprint density at radius 1 is 1.00 bits per heavy atom. The van der Waals surface area contributed by atoms with Crippen LogP contribution in [-0.2, 0) is 29.4 Å². The third-order valence-corrected chi connectivity index (χ3v) is 8.07. The van der Waals surface area contributed by atoms with E-state index >= 15 is 0 Å². The summed E-state index contributed by atoms with van der Waals surface area (Å²) in [6.45, 7) is 1.19. The number of halogens is 3. The molecule has 1 aliphatic rings. The zero-order chi connectivity index (χ0) is 27.3. The first kappa shape index (κ1) is 27.7. The third-order valence-electron chi connectivity index (χ3n) is 6.12. The number of nitrogens with zero attached hydrogens (tertiary/aromatic N) is 2. The van der Waals surface area contributed by atoms with Crippen molar-refractivity contribution in [3.63, 3.8) is 0 Å². The van der Waals surface area contributed by atoms with Crippen molar-refractivity contribution < 1.29 is 35.5 Å². The van der Waals surface area contributed by atoms with Crippen LogP contribution in [0.5, 0.6) is 11.5 Å². The molecule has 0 aliphatic carbocycles. The Kier molecular flexibility index (Phi) is 8.44.